The zero-order valence-electron chi connectivity index (χ0n) is 8.12. The second-order valence-electron chi connectivity index (χ2n) is 3.26. The van der Waals surface area contributed by atoms with Crippen molar-refractivity contribution in [2.45, 2.75) is 19.8 Å². The minimum atomic E-state index is -1.48. The molecule has 1 fully saturated rings. The van der Waals surface area contributed by atoms with Crippen molar-refractivity contribution >= 4 is 11.9 Å². The van der Waals surface area contributed by atoms with Gasteiger partial charge in [0.2, 0.25) is 0 Å². The van der Waals surface area contributed by atoms with E-state index < -0.39 is 17.4 Å². The van der Waals surface area contributed by atoms with Crippen LogP contribution in [-0.2, 0) is 19.1 Å². The highest BCUT2D eigenvalue weighted by Crippen LogP contribution is 2.30. The first-order valence-electron chi connectivity index (χ1n) is 4.62. The summed E-state index contributed by atoms with van der Waals surface area (Å²) in [6.07, 6.45) is 0.867. The fraction of sp³-hybridized carbons (Fsp3) is 0.778. The van der Waals surface area contributed by atoms with E-state index in [2.05, 4.69) is 0 Å². The Hall–Kier alpha value is -1.10. The predicted octanol–water partition coefficient (Wildman–Crippen LogP) is 0.431. The van der Waals surface area contributed by atoms with Crippen LogP contribution in [-0.4, -0.2) is 36.9 Å². The van der Waals surface area contributed by atoms with E-state index in [0.717, 1.165) is 0 Å². The second-order valence-corrected chi connectivity index (χ2v) is 3.26. The van der Waals surface area contributed by atoms with Gasteiger partial charge in [0.1, 0.15) is 0 Å². The molecule has 0 spiro atoms. The van der Waals surface area contributed by atoms with Gasteiger partial charge in [-0.15, -0.1) is 0 Å². The van der Waals surface area contributed by atoms with Crippen molar-refractivity contribution in [3.05, 3.63) is 0 Å². The lowest BCUT2D eigenvalue weighted by Crippen LogP contribution is -2.47. The average Bonchev–Trinajstić information content (AvgIpc) is 2.19. The Bertz CT molecular complexity index is 229. The van der Waals surface area contributed by atoms with Gasteiger partial charge in [-0.2, -0.15) is 0 Å². The van der Waals surface area contributed by atoms with Gasteiger partial charge in [0.15, 0.2) is 5.41 Å². The van der Waals surface area contributed by atoms with Crippen LogP contribution < -0.4 is 0 Å². The lowest BCUT2D eigenvalue weighted by Gasteiger charge is -2.30. The zero-order valence-corrected chi connectivity index (χ0v) is 8.12. The van der Waals surface area contributed by atoms with Gasteiger partial charge in [0, 0.05) is 6.61 Å². The summed E-state index contributed by atoms with van der Waals surface area (Å²) < 4.78 is 9.78. The lowest BCUT2D eigenvalue weighted by molar-refractivity contribution is -0.178. The van der Waals surface area contributed by atoms with Gasteiger partial charge < -0.3 is 14.6 Å². The highest BCUT2D eigenvalue weighted by atomic mass is 16.5. The Balaban J connectivity index is 2.80. The molecule has 1 atom stereocenters. The van der Waals surface area contributed by atoms with Crippen molar-refractivity contribution in [1.82, 2.24) is 0 Å². The van der Waals surface area contributed by atoms with Crippen LogP contribution in [0.4, 0.5) is 0 Å². The molecule has 1 saturated heterocycles. The van der Waals surface area contributed by atoms with Gasteiger partial charge in [-0.1, -0.05) is 0 Å². The fourth-order valence-electron chi connectivity index (χ4n) is 1.48. The number of carbonyl (C=O) groups excluding carboxylic acids is 1. The minimum Gasteiger partial charge on any atom is -0.480 e. The molecule has 80 valence electrons. The third kappa shape index (κ3) is 1.87. The number of hydrogen-bond donors (Lipinski definition) is 1. The summed E-state index contributed by atoms with van der Waals surface area (Å²) in [6.45, 7) is 2.26. The first-order chi connectivity index (χ1) is 6.63. The van der Waals surface area contributed by atoms with E-state index in [0.29, 0.717) is 19.4 Å². The van der Waals surface area contributed by atoms with Gasteiger partial charge in [-0.25, -0.2) is 0 Å². The van der Waals surface area contributed by atoms with Gasteiger partial charge in [0.25, 0.3) is 0 Å². The number of carbonyl (C=O) groups is 2. The molecule has 0 aromatic rings. The largest absolute Gasteiger partial charge is 0.480 e. The molecule has 0 aliphatic carbocycles. The van der Waals surface area contributed by atoms with Crippen molar-refractivity contribution in [3.63, 3.8) is 0 Å². The number of rotatable bonds is 3. The topological polar surface area (TPSA) is 72.8 Å². The third-order valence-corrected chi connectivity index (χ3v) is 2.32. The van der Waals surface area contributed by atoms with Crippen molar-refractivity contribution in [2.75, 3.05) is 19.8 Å². The molecule has 5 nitrogen and oxygen atoms in total. The van der Waals surface area contributed by atoms with Crippen LogP contribution in [0.15, 0.2) is 0 Å². The normalized spacial score (nSPS) is 26.9. The zero-order chi connectivity index (χ0) is 10.6. The van der Waals surface area contributed by atoms with Gasteiger partial charge in [-0.3, -0.25) is 9.59 Å². The Morgan fingerprint density at radius 3 is 2.71 bits per heavy atom. The number of aliphatic carboxylic acids is 1. The van der Waals surface area contributed by atoms with E-state index in [1.165, 1.54) is 0 Å². The summed E-state index contributed by atoms with van der Waals surface area (Å²) >= 11 is 0. The van der Waals surface area contributed by atoms with Crippen LogP contribution in [0.1, 0.15) is 19.8 Å². The second kappa shape index (κ2) is 4.41. The molecule has 0 saturated carbocycles. The van der Waals surface area contributed by atoms with E-state index in [-0.39, 0.29) is 13.2 Å². The molecule has 1 heterocycles. The number of hydrogen-bond acceptors (Lipinski definition) is 4. The van der Waals surface area contributed by atoms with E-state index in [1.807, 2.05) is 0 Å². The highest BCUT2D eigenvalue weighted by Gasteiger charge is 2.49. The molecule has 14 heavy (non-hydrogen) atoms. The maximum absolute atomic E-state index is 11.5. The molecule has 5 heteroatoms. The molecular formula is C9H14O5. The molecular weight excluding hydrogens is 188 g/mol. The smallest absolute Gasteiger partial charge is 0.325 e. The molecule has 1 aliphatic rings. The molecule has 0 amide bonds. The average molecular weight is 202 g/mol. The standard InChI is InChI=1S/C9H14O5/c1-2-14-8(12)9(7(10)11)4-3-5-13-6-9/h2-6H2,1H3,(H,10,11). The third-order valence-electron chi connectivity index (χ3n) is 2.32. The van der Waals surface area contributed by atoms with Crippen molar-refractivity contribution < 1.29 is 24.2 Å². The monoisotopic (exact) mass is 202 g/mol. The molecule has 1 rings (SSSR count). The Kier molecular flexibility index (Phi) is 3.46. The first-order valence-corrected chi connectivity index (χ1v) is 4.62. The van der Waals surface area contributed by atoms with E-state index in [4.69, 9.17) is 14.6 Å². The van der Waals surface area contributed by atoms with Crippen molar-refractivity contribution in [3.8, 4) is 0 Å². The molecule has 1 aliphatic heterocycles. The number of esters is 1. The van der Waals surface area contributed by atoms with Gasteiger partial charge in [0.05, 0.1) is 13.2 Å². The minimum absolute atomic E-state index is 0.0822. The first kappa shape index (κ1) is 11.0. The summed E-state index contributed by atoms with van der Waals surface area (Å²) in [4.78, 5) is 22.5. The van der Waals surface area contributed by atoms with Crippen LogP contribution >= 0.6 is 0 Å². The van der Waals surface area contributed by atoms with Gasteiger partial charge >= 0.3 is 11.9 Å². The summed E-state index contributed by atoms with van der Waals surface area (Å²) in [6, 6.07) is 0. The fourth-order valence-corrected chi connectivity index (χ4v) is 1.48. The van der Waals surface area contributed by atoms with Crippen molar-refractivity contribution in [2.24, 2.45) is 5.41 Å². The highest BCUT2D eigenvalue weighted by molar-refractivity contribution is 5.99. The van der Waals surface area contributed by atoms with E-state index >= 15 is 0 Å². The van der Waals surface area contributed by atoms with Gasteiger partial charge in [-0.05, 0) is 19.8 Å². The molecule has 0 bridgehead atoms. The summed E-state index contributed by atoms with van der Waals surface area (Å²) in [5, 5.41) is 9.00. The number of carboxylic acid groups (broad SMARTS) is 1. The van der Waals surface area contributed by atoms with E-state index in [1.54, 1.807) is 6.92 Å². The Morgan fingerprint density at radius 1 is 1.57 bits per heavy atom. The predicted molar refractivity (Wildman–Crippen MR) is 46.8 cm³/mol. The van der Waals surface area contributed by atoms with E-state index in [9.17, 15) is 9.59 Å². The molecule has 0 radical (unpaired) electrons. The summed E-state index contributed by atoms with van der Waals surface area (Å²) in [5.74, 6) is -1.84. The maximum atomic E-state index is 11.5. The van der Waals surface area contributed by atoms with Crippen LogP contribution in [0.2, 0.25) is 0 Å². The number of ether oxygens (including phenoxy) is 2. The molecule has 0 aromatic carbocycles. The Morgan fingerprint density at radius 2 is 2.29 bits per heavy atom. The quantitative estimate of drug-likeness (QED) is 0.530. The van der Waals surface area contributed by atoms with Crippen molar-refractivity contribution in [1.29, 1.82) is 0 Å². The van der Waals surface area contributed by atoms with Crippen LogP contribution in [0.5, 0.6) is 0 Å². The van der Waals surface area contributed by atoms with Crippen LogP contribution in [0.3, 0.4) is 0 Å². The van der Waals surface area contributed by atoms with Crippen LogP contribution in [0.25, 0.3) is 0 Å². The number of carboxylic acids is 1. The lowest BCUT2D eigenvalue weighted by atomic mass is 9.83. The Labute approximate surface area is 82.0 Å². The molecule has 1 N–H and O–H groups in total. The van der Waals surface area contributed by atoms with Crippen LogP contribution in [0, 0.1) is 5.41 Å². The molecule has 1 unspecified atom stereocenters. The SMILES string of the molecule is CCOC(=O)C1(C(=O)O)CCCOC1. The maximum Gasteiger partial charge on any atom is 0.325 e. The molecule has 0 aromatic heterocycles. The summed E-state index contributed by atoms with van der Waals surface area (Å²) in [5.41, 5.74) is -1.48. The summed E-state index contributed by atoms with van der Waals surface area (Å²) in [7, 11) is 0.